The van der Waals surface area contributed by atoms with Crippen molar-refractivity contribution in [2.45, 2.75) is 27.2 Å². The maximum Gasteiger partial charge on any atom is 0.0494 e. The van der Waals surface area contributed by atoms with Gasteiger partial charge in [0.15, 0.2) is 0 Å². The Kier molecular flexibility index (Phi) is 4.96. The number of rotatable bonds is 6. The molecule has 1 heterocycles. The minimum absolute atomic E-state index is 0.000750. The van der Waals surface area contributed by atoms with E-state index in [0.717, 1.165) is 19.5 Å². The van der Waals surface area contributed by atoms with E-state index in [1.54, 1.807) is 0 Å². The molecule has 1 aromatic heterocycles. The van der Waals surface area contributed by atoms with Crippen LogP contribution >= 0.6 is 11.3 Å². The van der Waals surface area contributed by atoms with Gasteiger partial charge in [-0.2, -0.15) is 0 Å². The predicted molar refractivity (Wildman–Crippen MR) is 71.1 cm³/mol. The fraction of sp³-hybridized carbons (Fsp3) is 0.692. The van der Waals surface area contributed by atoms with Crippen molar-refractivity contribution in [3.05, 3.63) is 21.9 Å². The topological polar surface area (TPSA) is 23.5 Å². The van der Waals surface area contributed by atoms with Crippen molar-refractivity contribution < 1.29 is 5.11 Å². The summed E-state index contributed by atoms with van der Waals surface area (Å²) in [5, 5.41) is 11.4. The van der Waals surface area contributed by atoms with Gasteiger partial charge < -0.3 is 10.0 Å². The van der Waals surface area contributed by atoms with Crippen LogP contribution in [0.2, 0.25) is 0 Å². The molecular weight excluding hydrogens is 218 g/mol. The van der Waals surface area contributed by atoms with Crippen LogP contribution in [0, 0.1) is 12.3 Å². The molecule has 0 aromatic carbocycles. The molecular formula is C13H23NOS. The minimum atomic E-state index is -0.000750. The minimum Gasteiger partial charge on any atom is -0.396 e. The zero-order chi connectivity index (χ0) is 12.2. The van der Waals surface area contributed by atoms with Crippen molar-refractivity contribution in [2.24, 2.45) is 5.41 Å². The average Bonchev–Trinajstić information content (AvgIpc) is 2.60. The van der Waals surface area contributed by atoms with E-state index in [1.165, 1.54) is 10.4 Å². The van der Waals surface area contributed by atoms with Crippen LogP contribution in [0.25, 0.3) is 0 Å². The first-order valence-corrected chi connectivity index (χ1v) is 6.65. The Hall–Kier alpha value is -0.380. The monoisotopic (exact) mass is 241 g/mol. The maximum atomic E-state index is 9.21. The molecule has 1 rings (SSSR count). The lowest BCUT2D eigenvalue weighted by molar-refractivity contribution is 0.116. The van der Waals surface area contributed by atoms with E-state index >= 15 is 0 Å². The molecule has 0 saturated heterocycles. The fourth-order valence-corrected chi connectivity index (χ4v) is 2.71. The van der Waals surface area contributed by atoms with Gasteiger partial charge in [-0.1, -0.05) is 13.8 Å². The summed E-state index contributed by atoms with van der Waals surface area (Å²) in [6.45, 7) is 8.61. The number of hydrogen-bond acceptors (Lipinski definition) is 3. The number of nitrogens with zero attached hydrogens (tertiary/aromatic N) is 1. The van der Waals surface area contributed by atoms with Crippen LogP contribution in [0.3, 0.4) is 0 Å². The summed E-state index contributed by atoms with van der Waals surface area (Å²) in [5.74, 6) is 0. The third-order valence-electron chi connectivity index (χ3n) is 2.81. The Labute approximate surface area is 103 Å². The van der Waals surface area contributed by atoms with Gasteiger partial charge in [0.25, 0.3) is 0 Å². The highest BCUT2D eigenvalue weighted by molar-refractivity contribution is 7.10. The van der Waals surface area contributed by atoms with Crippen LogP contribution < -0.4 is 0 Å². The summed E-state index contributed by atoms with van der Waals surface area (Å²) in [5.41, 5.74) is 1.40. The predicted octanol–water partition coefficient (Wildman–Crippen LogP) is 2.55. The van der Waals surface area contributed by atoms with Gasteiger partial charge in [-0.25, -0.2) is 0 Å². The van der Waals surface area contributed by atoms with Gasteiger partial charge in [0, 0.05) is 30.0 Å². The first kappa shape index (κ1) is 13.7. The van der Waals surface area contributed by atoms with Crippen molar-refractivity contribution in [3.8, 4) is 0 Å². The van der Waals surface area contributed by atoms with Gasteiger partial charge in [0.2, 0.25) is 0 Å². The Morgan fingerprint density at radius 2 is 2.12 bits per heavy atom. The molecule has 16 heavy (non-hydrogen) atoms. The lowest BCUT2D eigenvalue weighted by Gasteiger charge is -2.28. The number of aliphatic hydroxyl groups is 1. The van der Waals surface area contributed by atoms with Gasteiger partial charge in [0.1, 0.15) is 0 Å². The molecule has 0 amide bonds. The van der Waals surface area contributed by atoms with Gasteiger partial charge in [-0.15, -0.1) is 11.3 Å². The molecule has 0 radical (unpaired) electrons. The van der Waals surface area contributed by atoms with Crippen molar-refractivity contribution >= 4 is 11.3 Å². The van der Waals surface area contributed by atoms with Crippen LogP contribution in [-0.2, 0) is 6.42 Å². The molecule has 0 spiro atoms. The zero-order valence-electron chi connectivity index (χ0n) is 10.8. The Balaban J connectivity index is 2.36. The molecule has 3 heteroatoms. The van der Waals surface area contributed by atoms with Crippen LogP contribution in [0.15, 0.2) is 11.4 Å². The van der Waals surface area contributed by atoms with E-state index in [-0.39, 0.29) is 12.0 Å². The summed E-state index contributed by atoms with van der Waals surface area (Å²) < 4.78 is 0. The number of likely N-dealkylation sites (N-methyl/N-ethyl adjacent to an activating group) is 1. The molecule has 0 bridgehead atoms. The molecule has 0 aliphatic rings. The number of aryl methyl sites for hydroxylation is 1. The van der Waals surface area contributed by atoms with Gasteiger partial charge in [-0.05, 0) is 37.4 Å². The second-order valence-corrected chi connectivity index (χ2v) is 6.34. The summed E-state index contributed by atoms with van der Waals surface area (Å²) >= 11 is 1.84. The highest BCUT2D eigenvalue weighted by Gasteiger charge is 2.18. The first-order valence-electron chi connectivity index (χ1n) is 5.77. The quantitative estimate of drug-likeness (QED) is 0.827. The second-order valence-electron chi connectivity index (χ2n) is 5.34. The van der Waals surface area contributed by atoms with E-state index in [1.807, 2.05) is 11.3 Å². The lowest BCUT2D eigenvalue weighted by Crippen LogP contribution is -2.35. The molecule has 0 aliphatic heterocycles. The number of aliphatic hydroxyl groups excluding tert-OH is 1. The highest BCUT2D eigenvalue weighted by Crippen LogP contribution is 2.18. The summed E-state index contributed by atoms with van der Waals surface area (Å²) in [7, 11) is 2.13. The van der Waals surface area contributed by atoms with Gasteiger partial charge >= 0.3 is 0 Å². The third kappa shape index (κ3) is 4.24. The molecule has 0 fully saturated rings. The Morgan fingerprint density at radius 1 is 1.44 bits per heavy atom. The second kappa shape index (κ2) is 5.80. The van der Waals surface area contributed by atoms with Crippen LogP contribution in [0.5, 0.6) is 0 Å². The molecule has 0 atom stereocenters. The summed E-state index contributed by atoms with van der Waals surface area (Å²) in [6, 6.07) is 2.18. The van der Waals surface area contributed by atoms with Crippen molar-refractivity contribution in [2.75, 3.05) is 26.7 Å². The molecule has 0 saturated carbocycles. The molecule has 0 aliphatic carbocycles. The largest absolute Gasteiger partial charge is 0.396 e. The van der Waals surface area contributed by atoms with E-state index < -0.39 is 0 Å². The van der Waals surface area contributed by atoms with Crippen molar-refractivity contribution in [3.63, 3.8) is 0 Å². The molecule has 1 aromatic rings. The summed E-state index contributed by atoms with van der Waals surface area (Å²) in [6.07, 6.45) is 1.11. The first-order chi connectivity index (χ1) is 7.44. The van der Waals surface area contributed by atoms with Crippen LogP contribution in [0.1, 0.15) is 24.3 Å². The molecule has 0 unspecified atom stereocenters. The number of thiophene rings is 1. The lowest BCUT2D eigenvalue weighted by atomic mass is 9.94. The van der Waals surface area contributed by atoms with E-state index in [4.69, 9.17) is 0 Å². The van der Waals surface area contributed by atoms with Gasteiger partial charge in [-0.3, -0.25) is 0 Å². The molecule has 1 N–H and O–H groups in total. The summed E-state index contributed by atoms with van der Waals surface area (Å²) in [4.78, 5) is 3.78. The van der Waals surface area contributed by atoms with Crippen LogP contribution in [-0.4, -0.2) is 36.8 Å². The molecule has 2 nitrogen and oxygen atoms in total. The fourth-order valence-electron chi connectivity index (χ4n) is 1.81. The van der Waals surface area contributed by atoms with Crippen molar-refractivity contribution in [1.29, 1.82) is 0 Å². The van der Waals surface area contributed by atoms with Crippen molar-refractivity contribution in [1.82, 2.24) is 4.90 Å². The van der Waals surface area contributed by atoms with Gasteiger partial charge in [0.05, 0.1) is 0 Å². The molecule has 92 valence electrons. The average molecular weight is 241 g/mol. The Bertz CT molecular complexity index is 319. The Morgan fingerprint density at radius 3 is 2.62 bits per heavy atom. The van der Waals surface area contributed by atoms with E-state index in [2.05, 4.69) is 44.2 Å². The smallest absolute Gasteiger partial charge is 0.0494 e. The highest BCUT2D eigenvalue weighted by atomic mass is 32.1. The SMILES string of the molecule is Cc1ccsc1CCN(C)CC(C)(C)CO. The zero-order valence-corrected chi connectivity index (χ0v) is 11.6. The van der Waals surface area contributed by atoms with E-state index in [9.17, 15) is 5.11 Å². The third-order valence-corrected chi connectivity index (χ3v) is 3.90. The van der Waals surface area contributed by atoms with E-state index in [0.29, 0.717) is 0 Å². The maximum absolute atomic E-state index is 9.21. The van der Waals surface area contributed by atoms with Crippen LogP contribution in [0.4, 0.5) is 0 Å². The standard InChI is InChI=1S/C13H23NOS/c1-11-6-8-16-12(11)5-7-14(4)9-13(2,3)10-15/h6,8,15H,5,7,9-10H2,1-4H3. The normalized spacial score (nSPS) is 12.4. The number of hydrogen-bond donors (Lipinski definition) is 1.